The van der Waals surface area contributed by atoms with Crippen LogP contribution in [0.5, 0.6) is 5.75 Å². The number of ketones is 1. The summed E-state index contributed by atoms with van der Waals surface area (Å²) in [5, 5.41) is 4.77. The number of benzene rings is 2. The SMILES string of the molecule is CC(=O)c1ccc(NC(=O)c2cc(COc3ccc(C)c(C)c3)cs2)cc1. The predicted octanol–water partition coefficient (Wildman–Crippen LogP) is 5.40. The average Bonchev–Trinajstić information content (AvgIpc) is 3.12. The van der Waals surface area contributed by atoms with E-state index in [1.807, 2.05) is 29.6 Å². The van der Waals surface area contributed by atoms with Crippen LogP contribution in [0.15, 0.2) is 53.9 Å². The maximum absolute atomic E-state index is 12.4. The predicted molar refractivity (Wildman–Crippen MR) is 109 cm³/mol. The van der Waals surface area contributed by atoms with Crippen molar-refractivity contribution in [3.63, 3.8) is 0 Å². The molecule has 0 spiro atoms. The minimum Gasteiger partial charge on any atom is -0.489 e. The Morgan fingerprint density at radius 2 is 1.74 bits per heavy atom. The zero-order valence-corrected chi connectivity index (χ0v) is 16.4. The van der Waals surface area contributed by atoms with Crippen LogP contribution in [-0.2, 0) is 6.61 Å². The highest BCUT2D eigenvalue weighted by Crippen LogP contribution is 2.21. The fourth-order valence-electron chi connectivity index (χ4n) is 2.52. The number of ether oxygens (including phenoxy) is 1. The molecule has 0 fully saturated rings. The summed E-state index contributed by atoms with van der Waals surface area (Å²) < 4.78 is 5.82. The lowest BCUT2D eigenvalue weighted by Crippen LogP contribution is -2.10. The molecule has 0 bridgehead atoms. The van der Waals surface area contributed by atoms with E-state index in [-0.39, 0.29) is 11.7 Å². The number of carbonyl (C=O) groups excluding carboxylic acids is 2. The van der Waals surface area contributed by atoms with Gasteiger partial charge in [0.2, 0.25) is 0 Å². The van der Waals surface area contributed by atoms with E-state index in [0.717, 1.165) is 11.3 Å². The van der Waals surface area contributed by atoms with Gasteiger partial charge in [-0.05, 0) is 79.7 Å². The van der Waals surface area contributed by atoms with Gasteiger partial charge in [-0.15, -0.1) is 11.3 Å². The molecule has 0 unspecified atom stereocenters. The second kappa shape index (κ2) is 8.18. The van der Waals surface area contributed by atoms with Crippen LogP contribution >= 0.6 is 11.3 Å². The van der Waals surface area contributed by atoms with E-state index < -0.39 is 0 Å². The summed E-state index contributed by atoms with van der Waals surface area (Å²) in [4.78, 5) is 24.3. The monoisotopic (exact) mass is 379 g/mol. The summed E-state index contributed by atoms with van der Waals surface area (Å²) in [5.41, 5.74) is 4.65. The second-order valence-corrected chi connectivity index (χ2v) is 7.35. The van der Waals surface area contributed by atoms with Crippen molar-refractivity contribution < 1.29 is 14.3 Å². The molecular formula is C22H21NO3S. The van der Waals surface area contributed by atoms with Crippen molar-refractivity contribution in [2.24, 2.45) is 0 Å². The van der Waals surface area contributed by atoms with E-state index >= 15 is 0 Å². The Hall–Kier alpha value is -2.92. The van der Waals surface area contributed by atoms with Gasteiger partial charge in [-0.3, -0.25) is 9.59 Å². The molecule has 0 saturated carbocycles. The lowest BCUT2D eigenvalue weighted by atomic mass is 10.1. The van der Waals surface area contributed by atoms with E-state index in [4.69, 9.17) is 4.74 Å². The van der Waals surface area contributed by atoms with Gasteiger partial charge in [0, 0.05) is 16.8 Å². The van der Waals surface area contributed by atoms with E-state index in [1.54, 1.807) is 24.3 Å². The third-order valence-electron chi connectivity index (χ3n) is 4.31. The Kier molecular flexibility index (Phi) is 5.72. The highest BCUT2D eigenvalue weighted by Gasteiger charge is 2.10. The largest absolute Gasteiger partial charge is 0.489 e. The quantitative estimate of drug-likeness (QED) is 0.584. The van der Waals surface area contributed by atoms with Gasteiger partial charge in [-0.1, -0.05) is 6.07 Å². The van der Waals surface area contributed by atoms with Crippen LogP contribution in [0.4, 0.5) is 5.69 Å². The van der Waals surface area contributed by atoms with Crippen molar-refractivity contribution >= 4 is 28.7 Å². The van der Waals surface area contributed by atoms with Crippen LogP contribution < -0.4 is 10.1 Å². The van der Waals surface area contributed by atoms with Crippen LogP contribution in [-0.4, -0.2) is 11.7 Å². The van der Waals surface area contributed by atoms with Crippen molar-refractivity contribution in [3.8, 4) is 5.75 Å². The Morgan fingerprint density at radius 3 is 2.41 bits per heavy atom. The normalized spacial score (nSPS) is 10.5. The Labute approximate surface area is 162 Å². The fraction of sp³-hybridized carbons (Fsp3) is 0.182. The molecule has 3 rings (SSSR count). The van der Waals surface area contributed by atoms with Crippen LogP contribution in [0.1, 0.15) is 43.6 Å². The number of nitrogens with one attached hydrogen (secondary N) is 1. The smallest absolute Gasteiger partial charge is 0.265 e. The molecule has 27 heavy (non-hydrogen) atoms. The molecule has 0 atom stereocenters. The standard InChI is InChI=1S/C22H21NO3S/c1-14-4-9-20(10-15(14)2)26-12-17-11-21(27-13-17)22(25)23-19-7-5-18(6-8-19)16(3)24/h4-11,13H,12H2,1-3H3,(H,23,25). The van der Waals surface area contributed by atoms with Gasteiger partial charge >= 0.3 is 0 Å². The van der Waals surface area contributed by atoms with E-state index in [2.05, 4.69) is 19.2 Å². The third kappa shape index (κ3) is 4.83. The number of aryl methyl sites for hydroxylation is 2. The van der Waals surface area contributed by atoms with Gasteiger partial charge < -0.3 is 10.1 Å². The summed E-state index contributed by atoms with van der Waals surface area (Å²) in [6.07, 6.45) is 0. The number of carbonyl (C=O) groups is 2. The zero-order valence-electron chi connectivity index (χ0n) is 15.5. The summed E-state index contributed by atoms with van der Waals surface area (Å²) in [7, 11) is 0. The van der Waals surface area contributed by atoms with Crippen molar-refractivity contribution in [3.05, 3.63) is 81.0 Å². The molecule has 5 heteroatoms. The van der Waals surface area contributed by atoms with Crippen LogP contribution in [0.2, 0.25) is 0 Å². The van der Waals surface area contributed by atoms with Crippen LogP contribution in [0.25, 0.3) is 0 Å². The van der Waals surface area contributed by atoms with Crippen molar-refractivity contribution in [1.82, 2.24) is 0 Å². The number of rotatable bonds is 6. The topological polar surface area (TPSA) is 55.4 Å². The minimum absolute atomic E-state index is 0.000421. The molecule has 1 aromatic heterocycles. The van der Waals surface area contributed by atoms with Gasteiger partial charge in [0.15, 0.2) is 5.78 Å². The van der Waals surface area contributed by atoms with Gasteiger partial charge in [0.1, 0.15) is 12.4 Å². The van der Waals surface area contributed by atoms with E-state index in [0.29, 0.717) is 22.7 Å². The Morgan fingerprint density at radius 1 is 1.00 bits per heavy atom. The second-order valence-electron chi connectivity index (χ2n) is 6.44. The maximum atomic E-state index is 12.4. The van der Waals surface area contributed by atoms with Gasteiger partial charge in [0.05, 0.1) is 4.88 Å². The number of thiophene rings is 1. The van der Waals surface area contributed by atoms with Gasteiger partial charge in [0.25, 0.3) is 5.91 Å². The first-order valence-corrected chi connectivity index (χ1v) is 9.50. The first-order chi connectivity index (χ1) is 12.9. The minimum atomic E-state index is -0.173. The van der Waals surface area contributed by atoms with Crippen LogP contribution in [0, 0.1) is 13.8 Å². The molecule has 138 valence electrons. The molecule has 1 N–H and O–H groups in total. The van der Waals surface area contributed by atoms with Crippen molar-refractivity contribution in [2.75, 3.05) is 5.32 Å². The lowest BCUT2D eigenvalue weighted by Gasteiger charge is -2.07. The Balaban J connectivity index is 1.59. The molecule has 0 aliphatic carbocycles. The molecule has 0 saturated heterocycles. The van der Waals surface area contributed by atoms with Crippen LogP contribution in [0.3, 0.4) is 0 Å². The summed E-state index contributed by atoms with van der Waals surface area (Å²) in [6.45, 7) is 6.05. The molecule has 1 heterocycles. The number of hydrogen-bond acceptors (Lipinski definition) is 4. The molecular weight excluding hydrogens is 358 g/mol. The van der Waals surface area contributed by atoms with E-state index in [1.165, 1.54) is 29.4 Å². The molecule has 3 aromatic rings. The fourth-order valence-corrected chi connectivity index (χ4v) is 3.31. The highest BCUT2D eigenvalue weighted by molar-refractivity contribution is 7.12. The lowest BCUT2D eigenvalue weighted by molar-refractivity contribution is 0.101. The number of amides is 1. The molecule has 2 aromatic carbocycles. The first-order valence-electron chi connectivity index (χ1n) is 8.62. The maximum Gasteiger partial charge on any atom is 0.265 e. The zero-order chi connectivity index (χ0) is 19.4. The van der Waals surface area contributed by atoms with Crippen molar-refractivity contribution in [1.29, 1.82) is 0 Å². The molecule has 0 radical (unpaired) electrons. The molecule has 4 nitrogen and oxygen atoms in total. The van der Waals surface area contributed by atoms with E-state index in [9.17, 15) is 9.59 Å². The summed E-state index contributed by atoms with van der Waals surface area (Å²) in [6, 6.07) is 14.7. The van der Waals surface area contributed by atoms with Gasteiger partial charge in [-0.2, -0.15) is 0 Å². The Bertz CT molecular complexity index is 973. The molecule has 0 aliphatic rings. The first kappa shape index (κ1) is 18.9. The molecule has 1 amide bonds. The number of hydrogen-bond donors (Lipinski definition) is 1. The van der Waals surface area contributed by atoms with Gasteiger partial charge in [-0.25, -0.2) is 0 Å². The van der Waals surface area contributed by atoms with Crippen molar-refractivity contribution in [2.45, 2.75) is 27.4 Å². The average molecular weight is 379 g/mol. The highest BCUT2D eigenvalue weighted by atomic mass is 32.1. The third-order valence-corrected chi connectivity index (χ3v) is 5.29. The molecule has 0 aliphatic heterocycles. The summed E-state index contributed by atoms with van der Waals surface area (Å²) >= 11 is 1.38. The number of Topliss-reactive ketones (excluding diaryl/α,β-unsaturated/α-hetero) is 1. The summed E-state index contributed by atoms with van der Waals surface area (Å²) in [5.74, 6) is 0.647. The number of anilines is 1.